The number of hydrogen-bond donors (Lipinski definition) is 1. The molecule has 40 heavy (non-hydrogen) atoms. The number of alkyl halides is 3. The summed E-state index contributed by atoms with van der Waals surface area (Å²) in [4.78, 5) is 3.86. The van der Waals surface area contributed by atoms with Gasteiger partial charge in [-0.2, -0.15) is 13.2 Å². The summed E-state index contributed by atoms with van der Waals surface area (Å²) < 4.78 is 95.0. The number of para-hydroxylation sites is 2. The monoisotopic (exact) mass is 568 g/mol. The molecule has 0 saturated carbocycles. The van der Waals surface area contributed by atoms with E-state index in [0.717, 1.165) is 18.2 Å². The lowest BCUT2D eigenvalue weighted by atomic mass is 10.1. The SMILES string of the molecule is Cc1cc(Oc2ccc(NS(=O)(=O)c3cccc(Oc4ccccc4)c3)c(F)c2)c2cccc(C(F)(F)F)c2n1. The van der Waals surface area contributed by atoms with Crippen molar-refractivity contribution in [3.8, 4) is 23.0 Å². The van der Waals surface area contributed by atoms with E-state index in [4.69, 9.17) is 9.47 Å². The molecular weight excluding hydrogens is 548 g/mol. The van der Waals surface area contributed by atoms with Gasteiger partial charge in [0.25, 0.3) is 10.0 Å². The molecule has 204 valence electrons. The third kappa shape index (κ3) is 5.84. The summed E-state index contributed by atoms with van der Waals surface area (Å²) in [6.07, 6.45) is -4.63. The molecule has 4 aromatic carbocycles. The maximum atomic E-state index is 15.0. The zero-order valence-electron chi connectivity index (χ0n) is 20.7. The average molecular weight is 569 g/mol. The van der Waals surface area contributed by atoms with E-state index in [2.05, 4.69) is 9.71 Å². The first-order chi connectivity index (χ1) is 19.0. The second-order valence-electron chi connectivity index (χ2n) is 8.70. The maximum Gasteiger partial charge on any atom is 0.418 e. The van der Waals surface area contributed by atoms with Crippen LogP contribution in [0, 0.1) is 12.7 Å². The number of anilines is 1. The second kappa shape index (κ2) is 10.5. The molecule has 1 aromatic heterocycles. The normalized spacial score (nSPS) is 11.8. The first-order valence-corrected chi connectivity index (χ1v) is 13.3. The molecule has 5 aromatic rings. The van der Waals surface area contributed by atoms with E-state index in [9.17, 15) is 26.0 Å². The molecule has 0 amide bonds. The van der Waals surface area contributed by atoms with Crippen LogP contribution in [-0.4, -0.2) is 13.4 Å². The minimum Gasteiger partial charge on any atom is -0.457 e. The lowest BCUT2D eigenvalue weighted by molar-refractivity contribution is -0.136. The van der Waals surface area contributed by atoms with Gasteiger partial charge in [-0.15, -0.1) is 0 Å². The van der Waals surface area contributed by atoms with Crippen LogP contribution in [0.4, 0.5) is 23.2 Å². The highest BCUT2D eigenvalue weighted by atomic mass is 32.2. The standard InChI is InChI=1S/C29H20F4N2O4S/c1-18-15-27(23-11-6-12-24(28(23)34-18)29(31,32)33)39-21-13-14-26(25(30)17-21)35-40(36,37)22-10-5-9-20(16-22)38-19-7-3-2-4-8-19/h2-17,35H,1H3. The van der Waals surface area contributed by atoms with Crippen LogP contribution in [0.15, 0.2) is 102 Å². The summed E-state index contributed by atoms with van der Waals surface area (Å²) in [7, 11) is -4.20. The number of hydrogen-bond acceptors (Lipinski definition) is 5. The van der Waals surface area contributed by atoms with E-state index in [-0.39, 0.29) is 44.4 Å². The summed E-state index contributed by atoms with van der Waals surface area (Å²) in [5, 5.41) is 0.0863. The fourth-order valence-electron chi connectivity index (χ4n) is 3.95. The number of aryl methyl sites for hydroxylation is 1. The molecule has 5 rings (SSSR count). The van der Waals surface area contributed by atoms with Gasteiger partial charge >= 0.3 is 6.18 Å². The van der Waals surface area contributed by atoms with Gasteiger partial charge in [-0.05, 0) is 55.5 Å². The van der Waals surface area contributed by atoms with Gasteiger partial charge in [0, 0.05) is 29.3 Å². The summed E-state index contributed by atoms with van der Waals surface area (Å²) in [6.45, 7) is 1.51. The van der Waals surface area contributed by atoms with Crippen LogP contribution in [0.25, 0.3) is 10.9 Å². The molecule has 0 fully saturated rings. The molecule has 0 unspecified atom stereocenters. The van der Waals surface area contributed by atoms with Crippen molar-refractivity contribution in [3.63, 3.8) is 0 Å². The number of halogens is 4. The van der Waals surface area contributed by atoms with Crippen molar-refractivity contribution in [2.75, 3.05) is 4.72 Å². The van der Waals surface area contributed by atoms with Crippen molar-refractivity contribution in [3.05, 3.63) is 114 Å². The number of benzene rings is 4. The summed E-state index contributed by atoms with van der Waals surface area (Å²) >= 11 is 0. The highest BCUT2D eigenvalue weighted by molar-refractivity contribution is 7.92. The Morgan fingerprint density at radius 2 is 1.48 bits per heavy atom. The topological polar surface area (TPSA) is 77.5 Å². The van der Waals surface area contributed by atoms with Crippen LogP contribution in [0.2, 0.25) is 0 Å². The number of aromatic nitrogens is 1. The summed E-state index contributed by atoms with van der Waals surface area (Å²) in [6, 6.07) is 22.9. The molecule has 0 aliphatic rings. The second-order valence-corrected chi connectivity index (χ2v) is 10.4. The van der Waals surface area contributed by atoms with E-state index in [1.165, 1.54) is 49.4 Å². The van der Waals surface area contributed by atoms with Crippen molar-refractivity contribution in [1.29, 1.82) is 0 Å². The highest BCUT2D eigenvalue weighted by Gasteiger charge is 2.33. The molecule has 0 aliphatic carbocycles. The number of nitrogens with zero attached hydrogens (tertiary/aromatic N) is 1. The van der Waals surface area contributed by atoms with Crippen molar-refractivity contribution in [2.24, 2.45) is 0 Å². The predicted octanol–water partition coefficient (Wildman–Crippen LogP) is 8.09. The van der Waals surface area contributed by atoms with E-state index in [1.807, 2.05) is 6.07 Å². The van der Waals surface area contributed by atoms with Crippen molar-refractivity contribution >= 4 is 26.6 Å². The Bertz CT molecular complexity index is 1810. The Labute approximate surface area is 226 Å². The molecule has 1 N–H and O–H groups in total. The molecule has 0 aliphatic heterocycles. The Morgan fingerprint density at radius 3 is 2.20 bits per heavy atom. The minimum atomic E-state index is -4.63. The third-order valence-corrected chi connectivity index (χ3v) is 7.11. The first kappa shape index (κ1) is 26.9. The molecule has 11 heteroatoms. The van der Waals surface area contributed by atoms with E-state index in [1.54, 1.807) is 30.3 Å². The Balaban J connectivity index is 1.39. The fraction of sp³-hybridized carbons (Fsp3) is 0.0690. The van der Waals surface area contributed by atoms with Crippen molar-refractivity contribution in [1.82, 2.24) is 4.98 Å². The zero-order valence-corrected chi connectivity index (χ0v) is 21.6. The van der Waals surface area contributed by atoms with E-state index < -0.39 is 27.6 Å². The van der Waals surface area contributed by atoms with Gasteiger partial charge in [0.05, 0.1) is 21.7 Å². The number of pyridine rings is 1. The van der Waals surface area contributed by atoms with Crippen LogP contribution >= 0.6 is 0 Å². The number of rotatable bonds is 7. The fourth-order valence-corrected chi connectivity index (χ4v) is 5.06. The molecular formula is C29H20F4N2O4S. The van der Waals surface area contributed by atoms with Gasteiger partial charge in [-0.3, -0.25) is 9.71 Å². The van der Waals surface area contributed by atoms with Crippen LogP contribution < -0.4 is 14.2 Å². The summed E-state index contributed by atoms with van der Waals surface area (Å²) in [5.41, 5.74) is -1.31. The summed E-state index contributed by atoms with van der Waals surface area (Å²) in [5.74, 6) is -0.186. The number of sulfonamides is 1. The van der Waals surface area contributed by atoms with Gasteiger partial charge in [0.2, 0.25) is 0 Å². The number of nitrogens with one attached hydrogen (secondary N) is 1. The van der Waals surface area contributed by atoms with Gasteiger partial charge in [-0.25, -0.2) is 12.8 Å². The predicted molar refractivity (Wildman–Crippen MR) is 142 cm³/mol. The molecule has 0 atom stereocenters. The lowest BCUT2D eigenvalue weighted by Crippen LogP contribution is -2.14. The molecule has 0 saturated heterocycles. The van der Waals surface area contributed by atoms with E-state index >= 15 is 0 Å². The van der Waals surface area contributed by atoms with Crippen molar-refractivity contribution < 1.29 is 35.5 Å². The Morgan fingerprint density at radius 1 is 0.775 bits per heavy atom. The average Bonchev–Trinajstić information content (AvgIpc) is 2.90. The molecule has 0 radical (unpaired) electrons. The van der Waals surface area contributed by atoms with E-state index in [0.29, 0.717) is 5.75 Å². The lowest BCUT2D eigenvalue weighted by Gasteiger charge is -2.15. The van der Waals surface area contributed by atoms with Crippen LogP contribution in [-0.2, 0) is 16.2 Å². The minimum absolute atomic E-state index is 0.0385. The smallest absolute Gasteiger partial charge is 0.418 e. The zero-order chi connectivity index (χ0) is 28.5. The molecule has 6 nitrogen and oxygen atoms in total. The first-order valence-electron chi connectivity index (χ1n) is 11.8. The van der Waals surface area contributed by atoms with Crippen molar-refractivity contribution in [2.45, 2.75) is 18.0 Å². The van der Waals surface area contributed by atoms with Gasteiger partial charge in [0.15, 0.2) is 5.82 Å². The highest BCUT2D eigenvalue weighted by Crippen LogP contribution is 2.38. The van der Waals surface area contributed by atoms with Gasteiger partial charge < -0.3 is 9.47 Å². The third-order valence-electron chi connectivity index (χ3n) is 5.74. The maximum absolute atomic E-state index is 15.0. The van der Waals surface area contributed by atoms with Crippen LogP contribution in [0.1, 0.15) is 11.3 Å². The quantitative estimate of drug-likeness (QED) is 0.201. The number of ether oxygens (including phenoxy) is 2. The molecule has 0 bridgehead atoms. The largest absolute Gasteiger partial charge is 0.457 e. The van der Waals surface area contributed by atoms with Gasteiger partial charge in [-0.1, -0.05) is 30.3 Å². The molecule has 1 heterocycles. The number of fused-ring (bicyclic) bond motifs is 1. The Hall–Kier alpha value is -4.64. The Kier molecular flexibility index (Phi) is 7.07. The van der Waals surface area contributed by atoms with Crippen LogP contribution in [0.3, 0.4) is 0 Å². The van der Waals surface area contributed by atoms with Gasteiger partial charge in [0.1, 0.15) is 23.0 Å². The van der Waals surface area contributed by atoms with Crippen LogP contribution in [0.5, 0.6) is 23.0 Å². The molecule has 0 spiro atoms.